The largest absolute Gasteiger partial charge is 0.396 e. The van der Waals surface area contributed by atoms with Crippen molar-refractivity contribution in [2.24, 2.45) is 16.3 Å². The standard InChI is InChI=1S/C23H37N3O3/c1-3-24-22(26-16-23(10-12-27)11-14-28-17-23)25-15-20-5-4-13-29-21(20)19-8-6-18(2)7-9-19/h6-9,20-21,27H,3-5,10-17H2,1-2H3,(H2,24,25,26). The molecule has 2 fully saturated rings. The van der Waals surface area contributed by atoms with Crippen molar-refractivity contribution in [2.75, 3.05) is 46.1 Å². The third-order valence-electron chi connectivity index (χ3n) is 6.13. The van der Waals surface area contributed by atoms with Gasteiger partial charge in [0.05, 0.1) is 19.3 Å². The van der Waals surface area contributed by atoms with Crippen molar-refractivity contribution in [1.82, 2.24) is 10.6 Å². The monoisotopic (exact) mass is 403 g/mol. The van der Waals surface area contributed by atoms with E-state index in [4.69, 9.17) is 14.5 Å². The maximum Gasteiger partial charge on any atom is 0.191 e. The molecule has 3 atom stereocenters. The van der Waals surface area contributed by atoms with E-state index in [9.17, 15) is 5.11 Å². The van der Waals surface area contributed by atoms with Crippen LogP contribution in [0.15, 0.2) is 29.3 Å². The highest BCUT2D eigenvalue weighted by molar-refractivity contribution is 5.79. The molecule has 29 heavy (non-hydrogen) atoms. The minimum atomic E-state index is -0.0323. The Morgan fingerprint density at radius 3 is 2.76 bits per heavy atom. The zero-order chi connectivity index (χ0) is 20.5. The molecular weight excluding hydrogens is 366 g/mol. The van der Waals surface area contributed by atoms with E-state index >= 15 is 0 Å². The van der Waals surface area contributed by atoms with Gasteiger partial charge in [0.15, 0.2) is 5.96 Å². The van der Waals surface area contributed by atoms with Gasteiger partial charge in [-0.05, 0) is 45.1 Å². The summed E-state index contributed by atoms with van der Waals surface area (Å²) in [7, 11) is 0. The van der Waals surface area contributed by atoms with Crippen LogP contribution in [0.1, 0.15) is 49.8 Å². The Balaban J connectivity index is 1.62. The fraction of sp³-hybridized carbons (Fsp3) is 0.696. The Bertz CT molecular complexity index is 641. The van der Waals surface area contributed by atoms with Crippen molar-refractivity contribution in [3.05, 3.63) is 35.4 Å². The van der Waals surface area contributed by atoms with Gasteiger partial charge in [0.25, 0.3) is 0 Å². The minimum Gasteiger partial charge on any atom is -0.396 e. The van der Waals surface area contributed by atoms with E-state index in [-0.39, 0.29) is 18.1 Å². The Morgan fingerprint density at radius 2 is 2.07 bits per heavy atom. The number of nitrogens with zero attached hydrogens (tertiary/aromatic N) is 1. The molecule has 0 bridgehead atoms. The summed E-state index contributed by atoms with van der Waals surface area (Å²) in [6.07, 6.45) is 4.07. The second-order valence-corrected chi connectivity index (χ2v) is 8.46. The predicted octanol–water partition coefficient (Wildman–Crippen LogP) is 2.81. The average Bonchev–Trinajstić information content (AvgIpc) is 3.20. The number of nitrogens with one attached hydrogen (secondary N) is 2. The molecule has 162 valence electrons. The van der Waals surface area contributed by atoms with Crippen LogP contribution >= 0.6 is 0 Å². The number of rotatable bonds is 8. The van der Waals surface area contributed by atoms with Crippen LogP contribution in [0.25, 0.3) is 0 Å². The summed E-state index contributed by atoms with van der Waals surface area (Å²) in [5.74, 6) is 1.25. The molecule has 0 spiro atoms. The highest BCUT2D eigenvalue weighted by Gasteiger charge is 2.34. The van der Waals surface area contributed by atoms with E-state index < -0.39 is 0 Å². The zero-order valence-corrected chi connectivity index (χ0v) is 18.0. The number of aliphatic hydroxyl groups excluding tert-OH is 1. The lowest BCUT2D eigenvalue weighted by molar-refractivity contribution is -0.0265. The lowest BCUT2D eigenvalue weighted by Crippen LogP contribution is -2.42. The SMILES string of the molecule is CCNC(=NCC1(CCO)CCOC1)NCC1CCCOC1c1ccc(C)cc1. The quantitative estimate of drug-likeness (QED) is 0.460. The number of ether oxygens (including phenoxy) is 2. The first-order valence-electron chi connectivity index (χ1n) is 11.0. The van der Waals surface area contributed by atoms with Gasteiger partial charge in [-0.1, -0.05) is 29.8 Å². The van der Waals surface area contributed by atoms with Gasteiger partial charge in [0.2, 0.25) is 0 Å². The Kier molecular flexibility index (Phi) is 8.33. The average molecular weight is 404 g/mol. The molecule has 0 aromatic heterocycles. The lowest BCUT2D eigenvalue weighted by Gasteiger charge is -2.33. The van der Waals surface area contributed by atoms with Crippen molar-refractivity contribution in [3.63, 3.8) is 0 Å². The van der Waals surface area contributed by atoms with Gasteiger partial charge >= 0.3 is 0 Å². The molecule has 0 aliphatic carbocycles. The van der Waals surface area contributed by atoms with E-state index in [0.29, 0.717) is 19.1 Å². The van der Waals surface area contributed by atoms with Gasteiger partial charge in [-0.2, -0.15) is 0 Å². The van der Waals surface area contributed by atoms with Gasteiger partial charge in [0.1, 0.15) is 0 Å². The van der Waals surface area contributed by atoms with Gasteiger partial charge in [-0.15, -0.1) is 0 Å². The highest BCUT2D eigenvalue weighted by atomic mass is 16.5. The number of aliphatic imine (C=N–C) groups is 1. The number of aliphatic hydroxyl groups is 1. The van der Waals surface area contributed by atoms with Crippen LogP contribution in [0, 0.1) is 18.3 Å². The first-order valence-corrected chi connectivity index (χ1v) is 11.0. The first kappa shape index (κ1) is 22.1. The lowest BCUT2D eigenvalue weighted by atomic mass is 9.84. The van der Waals surface area contributed by atoms with Crippen LogP contribution in [0.2, 0.25) is 0 Å². The molecule has 2 saturated heterocycles. The summed E-state index contributed by atoms with van der Waals surface area (Å²) in [4.78, 5) is 4.84. The molecule has 6 nitrogen and oxygen atoms in total. The molecule has 0 radical (unpaired) electrons. The second-order valence-electron chi connectivity index (χ2n) is 8.46. The van der Waals surface area contributed by atoms with Crippen LogP contribution in [0.3, 0.4) is 0 Å². The molecular formula is C23H37N3O3. The molecule has 1 aromatic rings. The molecule has 0 amide bonds. The van der Waals surface area contributed by atoms with Crippen LogP contribution < -0.4 is 10.6 Å². The smallest absolute Gasteiger partial charge is 0.191 e. The summed E-state index contributed by atoms with van der Waals surface area (Å²) in [6, 6.07) is 8.70. The second kappa shape index (κ2) is 11.0. The van der Waals surface area contributed by atoms with E-state index in [1.165, 1.54) is 11.1 Å². The Morgan fingerprint density at radius 1 is 1.24 bits per heavy atom. The zero-order valence-electron chi connectivity index (χ0n) is 18.0. The van der Waals surface area contributed by atoms with Crippen LogP contribution in [-0.2, 0) is 9.47 Å². The molecule has 3 unspecified atom stereocenters. The van der Waals surface area contributed by atoms with Crippen molar-refractivity contribution in [3.8, 4) is 0 Å². The summed E-state index contributed by atoms with van der Waals surface area (Å²) >= 11 is 0. The third kappa shape index (κ3) is 6.17. The number of hydrogen-bond donors (Lipinski definition) is 3. The summed E-state index contributed by atoms with van der Waals surface area (Å²) in [6.45, 7) is 8.96. The normalized spacial score (nSPS) is 27.8. The van der Waals surface area contributed by atoms with Crippen molar-refractivity contribution >= 4 is 5.96 Å². The third-order valence-corrected chi connectivity index (χ3v) is 6.13. The fourth-order valence-electron chi connectivity index (χ4n) is 4.28. The molecule has 3 rings (SSSR count). The number of benzene rings is 1. The molecule has 2 heterocycles. The van der Waals surface area contributed by atoms with E-state index in [0.717, 1.165) is 57.9 Å². The topological polar surface area (TPSA) is 75.1 Å². The van der Waals surface area contributed by atoms with Crippen LogP contribution in [0.4, 0.5) is 0 Å². The van der Waals surface area contributed by atoms with Crippen LogP contribution in [0.5, 0.6) is 0 Å². The van der Waals surface area contributed by atoms with Crippen LogP contribution in [-0.4, -0.2) is 57.1 Å². The van der Waals surface area contributed by atoms with Crippen molar-refractivity contribution < 1.29 is 14.6 Å². The summed E-state index contributed by atoms with van der Waals surface area (Å²) < 4.78 is 11.7. The Hall–Kier alpha value is -1.63. The maximum atomic E-state index is 9.44. The molecule has 1 aromatic carbocycles. The molecule has 2 aliphatic heterocycles. The van der Waals surface area contributed by atoms with Gasteiger partial charge in [0, 0.05) is 44.2 Å². The van der Waals surface area contributed by atoms with Crippen molar-refractivity contribution in [2.45, 2.75) is 45.6 Å². The highest BCUT2D eigenvalue weighted by Crippen LogP contribution is 2.34. The van der Waals surface area contributed by atoms with Crippen molar-refractivity contribution in [1.29, 1.82) is 0 Å². The number of guanidine groups is 1. The summed E-state index contributed by atoms with van der Waals surface area (Å²) in [5.41, 5.74) is 2.50. The summed E-state index contributed by atoms with van der Waals surface area (Å²) in [5, 5.41) is 16.3. The maximum absolute atomic E-state index is 9.44. The van der Waals surface area contributed by atoms with E-state index in [1.807, 2.05) is 0 Å². The minimum absolute atomic E-state index is 0.0323. The van der Waals surface area contributed by atoms with E-state index in [2.05, 4.69) is 48.7 Å². The molecule has 6 heteroatoms. The van der Waals surface area contributed by atoms with Gasteiger partial charge < -0.3 is 25.2 Å². The predicted molar refractivity (Wildman–Crippen MR) is 116 cm³/mol. The number of aryl methyl sites for hydroxylation is 1. The Labute approximate surface area is 175 Å². The fourth-order valence-corrected chi connectivity index (χ4v) is 4.28. The number of hydrogen-bond acceptors (Lipinski definition) is 4. The first-order chi connectivity index (χ1) is 14.2. The van der Waals surface area contributed by atoms with Gasteiger partial charge in [-0.3, -0.25) is 4.99 Å². The molecule has 0 saturated carbocycles. The van der Waals surface area contributed by atoms with E-state index in [1.54, 1.807) is 0 Å². The molecule has 3 N–H and O–H groups in total. The van der Waals surface area contributed by atoms with Gasteiger partial charge in [-0.25, -0.2) is 0 Å². The molecule has 2 aliphatic rings.